The molecule has 5 heteroatoms. The third-order valence-electron chi connectivity index (χ3n) is 4.60. The highest BCUT2D eigenvalue weighted by molar-refractivity contribution is 7.91. The highest BCUT2D eigenvalue weighted by Crippen LogP contribution is 2.36. The van der Waals surface area contributed by atoms with Gasteiger partial charge in [0.25, 0.3) is 0 Å². The lowest BCUT2D eigenvalue weighted by Gasteiger charge is -2.36. The molecule has 0 aliphatic carbocycles. The number of rotatable bonds is 7. The van der Waals surface area contributed by atoms with E-state index in [2.05, 4.69) is 40.8 Å². The maximum Gasteiger partial charge on any atom is 0.192 e. The van der Waals surface area contributed by atoms with Crippen molar-refractivity contribution in [1.82, 2.24) is 0 Å². The van der Waals surface area contributed by atoms with E-state index < -0.39 is 18.2 Å². The second-order valence-electron chi connectivity index (χ2n) is 8.13. The van der Waals surface area contributed by atoms with Gasteiger partial charge in [-0.05, 0) is 43.1 Å². The molecular formula is C19H32O3SSi. The van der Waals surface area contributed by atoms with Crippen LogP contribution < -0.4 is 0 Å². The fraction of sp³-hybridized carbons (Fsp3) is 0.579. The van der Waals surface area contributed by atoms with Crippen LogP contribution in [0.1, 0.15) is 34.6 Å². The molecule has 3 nitrogen and oxygen atoms in total. The van der Waals surface area contributed by atoms with Crippen molar-refractivity contribution in [3.05, 3.63) is 42.0 Å². The van der Waals surface area contributed by atoms with Gasteiger partial charge in [0.1, 0.15) is 0 Å². The van der Waals surface area contributed by atoms with Crippen LogP contribution in [0.15, 0.2) is 46.9 Å². The third kappa shape index (κ3) is 6.19. The Balaban J connectivity index is 2.69. The van der Waals surface area contributed by atoms with Crippen molar-refractivity contribution in [2.24, 2.45) is 5.92 Å². The molecule has 1 aromatic carbocycles. The highest BCUT2D eigenvalue weighted by Gasteiger charge is 2.37. The zero-order valence-corrected chi connectivity index (χ0v) is 17.9. The summed E-state index contributed by atoms with van der Waals surface area (Å²) in [5, 5.41) is 0.183. The van der Waals surface area contributed by atoms with Crippen LogP contribution in [0.2, 0.25) is 18.1 Å². The van der Waals surface area contributed by atoms with Gasteiger partial charge in [0.2, 0.25) is 0 Å². The summed E-state index contributed by atoms with van der Waals surface area (Å²) in [6, 6.07) is 8.62. The van der Waals surface area contributed by atoms with Crippen LogP contribution in [0.3, 0.4) is 0 Å². The molecule has 0 spiro atoms. The van der Waals surface area contributed by atoms with E-state index in [9.17, 15) is 8.42 Å². The van der Waals surface area contributed by atoms with Crippen LogP contribution in [0.4, 0.5) is 0 Å². The summed E-state index contributed by atoms with van der Waals surface area (Å²) in [5.41, 5.74) is 0.866. The average Bonchev–Trinajstić information content (AvgIpc) is 2.44. The predicted octanol–water partition coefficient (Wildman–Crippen LogP) is 5.06. The number of hydrogen-bond acceptors (Lipinski definition) is 3. The Morgan fingerprint density at radius 2 is 1.75 bits per heavy atom. The first kappa shape index (κ1) is 21.1. The summed E-state index contributed by atoms with van der Waals surface area (Å²) in [4.78, 5) is 0.378. The van der Waals surface area contributed by atoms with E-state index in [1.165, 1.54) is 0 Å². The molecule has 0 saturated heterocycles. The molecule has 1 atom stereocenters. The lowest BCUT2D eigenvalue weighted by atomic mass is 10.1. The molecule has 0 unspecified atom stereocenters. The zero-order chi connectivity index (χ0) is 18.6. The topological polar surface area (TPSA) is 43.4 Å². The number of hydrogen-bond donors (Lipinski definition) is 0. The number of benzene rings is 1. The summed E-state index contributed by atoms with van der Waals surface area (Å²) in [6.07, 6.45) is 2.02. The molecule has 0 aromatic heterocycles. The predicted molar refractivity (Wildman–Crippen MR) is 105 cm³/mol. The van der Waals surface area contributed by atoms with Crippen molar-refractivity contribution in [3.8, 4) is 0 Å². The largest absolute Gasteiger partial charge is 0.416 e. The molecule has 0 aliphatic rings. The molecule has 0 N–H and O–H groups in total. The minimum atomic E-state index is -3.27. The summed E-state index contributed by atoms with van der Waals surface area (Å²) >= 11 is 0. The van der Waals surface area contributed by atoms with Crippen LogP contribution in [0.25, 0.3) is 0 Å². The second-order valence-corrected chi connectivity index (χ2v) is 14.9. The smallest absolute Gasteiger partial charge is 0.192 e. The Labute approximate surface area is 149 Å². The van der Waals surface area contributed by atoms with Crippen molar-refractivity contribution in [2.75, 3.05) is 12.4 Å². The molecular weight excluding hydrogens is 336 g/mol. The van der Waals surface area contributed by atoms with Gasteiger partial charge in [-0.25, -0.2) is 8.42 Å². The van der Waals surface area contributed by atoms with Crippen LogP contribution >= 0.6 is 0 Å². The van der Waals surface area contributed by atoms with Gasteiger partial charge in [-0.15, -0.1) is 0 Å². The van der Waals surface area contributed by atoms with Gasteiger partial charge in [-0.1, -0.05) is 57.5 Å². The Kier molecular flexibility index (Phi) is 7.02. The highest BCUT2D eigenvalue weighted by atomic mass is 32.2. The normalized spacial score (nSPS) is 15.4. The molecule has 0 radical (unpaired) electrons. The first-order valence-electron chi connectivity index (χ1n) is 8.44. The van der Waals surface area contributed by atoms with Crippen LogP contribution in [0, 0.1) is 5.92 Å². The van der Waals surface area contributed by atoms with Gasteiger partial charge in [-0.3, -0.25) is 0 Å². The number of sulfone groups is 1. The Bertz CT molecular complexity index is 656. The Morgan fingerprint density at radius 1 is 1.21 bits per heavy atom. The maximum atomic E-state index is 12.4. The van der Waals surface area contributed by atoms with Crippen molar-refractivity contribution >= 4 is 18.2 Å². The summed E-state index contributed by atoms with van der Waals surface area (Å²) in [7, 11) is -5.04. The molecule has 0 saturated carbocycles. The van der Waals surface area contributed by atoms with E-state index in [1.54, 1.807) is 24.3 Å². The molecule has 0 bridgehead atoms. The summed E-state index contributed by atoms with van der Waals surface area (Å²) in [6.45, 7) is 15.7. The SMILES string of the molecule is C/C(=C\[C@@H](C)CO[Si](C)(C)C(C)(C)C)CS(=O)(=O)c1ccccc1. The van der Waals surface area contributed by atoms with Crippen LogP contribution in [0.5, 0.6) is 0 Å². The van der Waals surface area contributed by atoms with E-state index in [4.69, 9.17) is 4.43 Å². The molecule has 0 amide bonds. The standard InChI is InChI=1S/C19H32O3SSi/c1-16(14-22-24(6,7)19(3,4)5)13-17(2)15-23(20,21)18-11-9-8-10-12-18/h8-13,16H,14-15H2,1-7H3/b17-13+/t16-/m1/s1. The first-order chi connectivity index (χ1) is 10.8. The van der Waals surface area contributed by atoms with Gasteiger partial charge in [-0.2, -0.15) is 0 Å². The monoisotopic (exact) mass is 368 g/mol. The molecule has 24 heavy (non-hydrogen) atoms. The summed E-state index contributed by atoms with van der Waals surface area (Å²) in [5.74, 6) is 0.256. The van der Waals surface area contributed by atoms with E-state index in [0.29, 0.717) is 11.5 Å². The minimum Gasteiger partial charge on any atom is -0.416 e. The van der Waals surface area contributed by atoms with Crippen molar-refractivity contribution < 1.29 is 12.8 Å². The maximum absolute atomic E-state index is 12.4. The fourth-order valence-corrected chi connectivity index (χ4v) is 4.70. The van der Waals surface area contributed by atoms with Gasteiger partial charge in [0, 0.05) is 6.61 Å². The van der Waals surface area contributed by atoms with Crippen LogP contribution in [-0.4, -0.2) is 29.1 Å². The minimum absolute atomic E-state index is 0.0570. The third-order valence-corrected chi connectivity index (χ3v) is 10.9. The van der Waals surface area contributed by atoms with Crippen molar-refractivity contribution in [1.29, 1.82) is 0 Å². The molecule has 0 fully saturated rings. The van der Waals surface area contributed by atoms with Crippen molar-refractivity contribution in [2.45, 2.75) is 57.6 Å². The average molecular weight is 369 g/mol. The summed E-state index contributed by atoms with van der Waals surface area (Å²) < 4.78 is 31.0. The Hall–Kier alpha value is -0.913. The van der Waals surface area contributed by atoms with Crippen LogP contribution in [-0.2, 0) is 14.3 Å². The van der Waals surface area contributed by atoms with Gasteiger partial charge < -0.3 is 4.43 Å². The molecule has 1 aromatic rings. The molecule has 0 heterocycles. The quantitative estimate of drug-likeness (QED) is 0.499. The van der Waals surface area contributed by atoms with Gasteiger partial charge >= 0.3 is 0 Å². The van der Waals surface area contributed by atoms with E-state index in [-0.39, 0.29) is 16.7 Å². The van der Waals surface area contributed by atoms with E-state index in [0.717, 1.165) is 5.57 Å². The first-order valence-corrected chi connectivity index (χ1v) is 13.0. The lowest BCUT2D eigenvalue weighted by molar-refractivity contribution is 0.259. The Morgan fingerprint density at radius 3 is 2.25 bits per heavy atom. The van der Waals surface area contributed by atoms with Gasteiger partial charge in [0.15, 0.2) is 18.2 Å². The van der Waals surface area contributed by atoms with E-state index in [1.807, 2.05) is 19.1 Å². The fourth-order valence-electron chi connectivity index (χ4n) is 2.15. The van der Waals surface area contributed by atoms with Crippen molar-refractivity contribution in [3.63, 3.8) is 0 Å². The molecule has 1 rings (SSSR count). The zero-order valence-electron chi connectivity index (χ0n) is 16.1. The second kappa shape index (κ2) is 7.98. The molecule has 0 aliphatic heterocycles. The van der Waals surface area contributed by atoms with E-state index >= 15 is 0 Å². The molecule has 136 valence electrons. The lowest BCUT2D eigenvalue weighted by Crippen LogP contribution is -2.41. The van der Waals surface area contributed by atoms with Gasteiger partial charge in [0.05, 0.1) is 10.6 Å².